The van der Waals surface area contributed by atoms with Crippen LogP contribution in [0.1, 0.15) is 0 Å². The number of hydrogen-bond donors (Lipinski definition) is 1. The third-order valence-corrected chi connectivity index (χ3v) is 3.43. The minimum absolute atomic E-state index is 3.44. The lowest BCUT2D eigenvalue weighted by molar-refractivity contribution is -0.467. The lowest BCUT2D eigenvalue weighted by atomic mass is 9.87. The predicted molar refractivity (Wildman–Crippen MR) is 54.8 cm³/mol. The van der Waals surface area contributed by atoms with Gasteiger partial charge in [-0.25, -0.2) is 0 Å². The van der Waals surface area contributed by atoms with Crippen LogP contribution in [0, 0.1) is 0 Å². The van der Waals surface area contributed by atoms with Crippen LogP contribution >= 0.6 is 0 Å². The van der Waals surface area contributed by atoms with Crippen molar-refractivity contribution in [1.29, 1.82) is 0 Å². The van der Waals surface area contributed by atoms with E-state index >= 15 is 0 Å². The summed E-state index contributed by atoms with van der Waals surface area (Å²) in [5.74, 6) is -72.2. The van der Waals surface area contributed by atoms with Crippen LogP contribution in [0.2, 0.25) is 0 Å². The molecule has 0 spiro atoms. The molecule has 0 rings (SSSR count). The van der Waals surface area contributed by atoms with Crippen molar-refractivity contribution in [2.24, 2.45) is 5.73 Å². The maximum atomic E-state index is 13.2. The van der Waals surface area contributed by atoms with Gasteiger partial charge in [-0.05, 0) is 0 Å². The summed E-state index contributed by atoms with van der Waals surface area (Å²) >= 11 is 0. The monoisotopic (exact) mass is 513 g/mol. The van der Waals surface area contributed by atoms with E-state index in [4.69, 9.17) is 0 Å². The summed E-state index contributed by atoms with van der Waals surface area (Å²) in [5, 5.41) is 0. The standard InChI is InChI=1S/C10H2F19NO/c11-2(12,1(30)31)3(13,14)4(15,16)5(17,18)6(19,20)7(21,22)8(23,24)9(25,26)10(27,28)29/h(H2,30,31). The topological polar surface area (TPSA) is 43.1 Å². The van der Waals surface area contributed by atoms with Gasteiger partial charge in [0.05, 0.1) is 0 Å². The van der Waals surface area contributed by atoms with Gasteiger partial charge in [-0.15, -0.1) is 0 Å². The Morgan fingerprint density at radius 1 is 0.387 bits per heavy atom. The van der Waals surface area contributed by atoms with Crippen molar-refractivity contribution in [2.45, 2.75) is 53.6 Å². The summed E-state index contributed by atoms with van der Waals surface area (Å²) in [4.78, 5) is 10.0. The number of amides is 1. The van der Waals surface area contributed by atoms with Gasteiger partial charge in [0, 0.05) is 0 Å². The smallest absolute Gasteiger partial charge is 0.364 e. The first-order valence-electron chi connectivity index (χ1n) is 6.33. The maximum absolute atomic E-state index is 13.2. The van der Waals surface area contributed by atoms with E-state index < -0.39 is 59.5 Å². The van der Waals surface area contributed by atoms with Gasteiger partial charge < -0.3 is 5.73 Å². The highest BCUT2D eigenvalue weighted by molar-refractivity contribution is 5.83. The molecule has 0 aliphatic rings. The van der Waals surface area contributed by atoms with E-state index in [2.05, 4.69) is 5.73 Å². The van der Waals surface area contributed by atoms with E-state index in [1.165, 1.54) is 0 Å². The molecule has 0 saturated carbocycles. The number of hydrogen-bond acceptors (Lipinski definition) is 1. The molecule has 21 heteroatoms. The van der Waals surface area contributed by atoms with Crippen molar-refractivity contribution in [3.8, 4) is 0 Å². The molecule has 0 radical (unpaired) electrons. The van der Waals surface area contributed by atoms with Crippen LogP contribution in [0.5, 0.6) is 0 Å². The molecule has 0 aromatic heterocycles. The van der Waals surface area contributed by atoms with Crippen LogP contribution in [0.25, 0.3) is 0 Å². The summed E-state index contributed by atoms with van der Waals surface area (Å²) in [6.07, 6.45) is -7.93. The second-order valence-electron chi connectivity index (χ2n) is 5.46. The van der Waals surface area contributed by atoms with Gasteiger partial charge in [-0.3, -0.25) is 4.79 Å². The van der Waals surface area contributed by atoms with E-state index in [1.54, 1.807) is 0 Å². The fourth-order valence-electron chi connectivity index (χ4n) is 1.52. The molecule has 2 N–H and O–H groups in total. The first kappa shape index (κ1) is 29.1. The summed E-state index contributed by atoms with van der Waals surface area (Å²) in [5.41, 5.74) is 3.44. The van der Waals surface area contributed by atoms with Crippen LogP contribution in [0.15, 0.2) is 0 Å². The Hall–Kier alpha value is -1.86. The molecule has 2 nitrogen and oxygen atoms in total. The van der Waals surface area contributed by atoms with Gasteiger partial charge in [-0.1, -0.05) is 0 Å². The molecule has 0 bridgehead atoms. The van der Waals surface area contributed by atoms with Crippen molar-refractivity contribution in [2.75, 3.05) is 0 Å². The number of carbonyl (C=O) groups is 1. The van der Waals surface area contributed by atoms with Crippen LogP contribution < -0.4 is 5.73 Å². The Morgan fingerprint density at radius 3 is 0.774 bits per heavy atom. The van der Waals surface area contributed by atoms with Crippen LogP contribution in [0.3, 0.4) is 0 Å². The molecule has 0 heterocycles. The first-order chi connectivity index (χ1) is 12.9. The van der Waals surface area contributed by atoms with Gasteiger partial charge in [0.2, 0.25) is 0 Å². The van der Waals surface area contributed by atoms with Crippen molar-refractivity contribution in [1.82, 2.24) is 0 Å². The SMILES string of the molecule is NC(=O)C(F)(F)C(F)(F)C(F)(F)C(F)(F)C(F)(F)C(F)(F)C(F)(F)C(F)(F)C(F)(F)F. The molecule has 0 aliphatic carbocycles. The van der Waals surface area contributed by atoms with Crippen LogP contribution in [-0.2, 0) is 4.79 Å². The molecule has 186 valence electrons. The highest BCUT2D eigenvalue weighted by atomic mass is 19.4. The normalized spacial score (nSPS) is 16.5. The van der Waals surface area contributed by atoms with E-state index in [1.807, 2.05) is 0 Å². The van der Waals surface area contributed by atoms with Crippen molar-refractivity contribution in [3.63, 3.8) is 0 Å². The third kappa shape index (κ3) is 3.32. The Balaban J connectivity index is 6.95. The average molecular weight is 513 g/mol. The fourth-order valence-corrected chi connectivity index (χ4v) is 1.52. The molecule has 0 atom stereocenters. The Bertz CT molecular complexity index is 703. The summed E-state index contributed by atoms with van der Waals surface area (Å²) in [6.45, 7) is 0. The lowest BCUT2D eigenvalue weighted by Crippen LogP contribution is -2.76. The predicted octanol–water partition coefficient (Wildman–Crippen LogP) is 5.12. The van der Waals surface area contributed by atoms with E-state index in [-0.39, 0.29) is 0 Å². The maximum Gasteiger partial charge on any atom is 0.460 e. The molecule has 0 unspecified atom stereocenters. The number of rotatable bonds is 8. The Morgan fingerprint density at radius 2 is 0.581 bits per heavy atom. The van der Waals surface area contributed by atoms with Crippen molar-refractivity contribution in [3.05, 3.63) is 0 Å². The molecule has 0 fully saturated rings. The van der Waals surface area contributed by atoms with E-state index in [9.17, 15) is 88.2 Å². The molecule has 0 saturated heterocycles. The number of primary amides is 1. The molecular formula is C10H2F19NO. The van der Waals surface area contributed by atoms with Gasteiger partial charge >= 0.3 is 53.6 Å². The zero-order valence-corrected chi connectivity index (χ0v) is 13.2. The molecule has 0 aromatic carbocycles. The summed E-state index contributed by atoms with van der Waals surface area (Å²) < 4.78 is 243. The molecule has 0 aromatic rings. The number of carbonyl (C=O) groups excluding carboxylic acids is 1. The number of alkyl halides is 19. The minimum Gasteiger partial charge on any atom is -0.364 e. The zero-order valence-electron chi connectivity index (χ0n) is 13.2. The van der Waals surface area contributed by atoms with Crippen molar-refractivity contribution >= 4 is 5.91 Å². The fraction of sp³-hybridized carbons (Fsp3) is 0.900. The van der Waals surface area contributed by atoms with E-state index in [0.717, 1.165) is 0 Å². The second-order valence-corrected chi connectivity index (χ2v) is 5.46. The first-order valence-corrected chi connectivity index (χ1v) is 6.33. The van der Waals surface area contributed by atoms with Gasteiger partial charge in [0.15, 0.2) is 0 Å². The van der Waals surface area contributed by atoms with Crippen molar-refractivity contribution < 1.29 is 88.2 Å². The summed E-state index contributed by atoms with van der Waals surface area (Å²) in [6, 6.07) is 0. The molecule has 0 aliphatic heterocycles. The van der Waals surface area contributed by atoms with Crippen LogP contribution in [-0.4, -0.2) is 59.5 Å². The second kappa shape index (κ2) is 6.82. The molecular weight excluding hydrogens is 511 g/mol. The quantitative estimate of drug-likeness (QED) is 0.451. The van der Waals surface area contributed by atoms with Crippen LogP contribution in [0.4, 0.5) is 83.4 Å². The number of nitrogens with two attached hydrogens (primary N) is 1. The average Bonchev–Trinajstić information content (AvgIpc) is 2.52. The van der Waals surface area contributed by atoms with Gasteiger partial charge in [0.1, 0.15) is 0 Å². The van der Waals surface area contributed by atoms with Gasteiger partial charge in [-0.2, -0.15) is 83.4 Å². The minimum atomic E-state index is -9.02. The lowest BCUT2D eigenvalue weighted by Gasteiger charge is -2.43. The highest BCUT2D eigenvalue weighted by Gasteiger charge is 2.97. The third-order valence-electron chi connectivity index (χ3n) is 3.43. The van der Waals surface area contributed by atoms with Gasteiger partial charge in [0.25, 0.3) is 5.91 Å². The molecule has 31 heavy (non-hydrogen) atoms. The highest BCUT2D eigenvalue weighted by Crippen LogP contribution is 2.65. The Labute approximate surface area is 155 Å². The number of halogens is 19. The molecule has 1 amide bonds. The Kier molecular flexibility index (Phi) is 6.41. The largest absolute Gasteiger partial charge is 0.460 e. The summed E-state index contributed by atoms with van der Waals surface area (Å²) in [7, 11) is 0. The van der Waals surface area contributed by atoms with E-state index in [0.29, 0.717) is 0 Å². The zero-order chi connectivity index (χ0) is 26.1.